The molecule has 0 spiro atoms. The van der Waals surface area contributed by atoms with Crippen molar-refractivity contribution in [1.82, 2.24) is 9.88 Å². The molecular formula is C22H21N3OS2. The van der Waals surface area contributed by atoms with Crippen molar-refractivity contribution in [2.24, 2.45) is 4.99 Å². The smallest absolute Gasteiger partial charge is 0.279 e. The minimum atomic E-state index is -0.0198. The zero-order chi connectivity index (χ0) is 19.5. The Hall–Kier alpha value is -2.44. The molecule has 0 saturated carbocycles. The molecule has 0 unspecified atom stereocenters. The van der Waals surface area contributed by atoms with Gasteiger partial charge in [0.25, 0.3) is 5.91 Å². The summed E-state index contributed by atoms with van der Waals surface area (Å²) >= 11 is 3.14. The molecule has 0 bridgehead atoms. The quantitative estimate of drug-likeness (QED) is 0.592. The monoisotopic (exact) mass is 407 g/mol. The number of benzene rings is 2. The molecule has 0 saturated heterocycles. The third-order valence-corrected chi connectivity index (χ3v) is 6.84. The maximum absolute atomic E-state index is 13.2. The molecule has 1 aromatic heterocycles. The highest BCUT2D eigenvalue weighted by Crippen LogP contribution is 2.33. The van der Waals surface area contributed by atoms with E-state index in [1.54, 1.807) is 23.5 Å². The molecule has 2 heterocycles. The molecule has 0 fully saturated rings. The zero-order valence-electron chi connectivity index (χ0n) is 15.8. The molecule has 1 aliphatic rings. The van der Waals surface area contributed by atoms with E-state index in [4.69, 9.17) is 4.99 Å². The number of nitrogens with zero attached hydrogens (tertiary/aromatic N) is 2. The number of thioether (sulfide) groups is 2. The second-order valence-electron chi connectivity index (χ2n) is 6.43. The number of aromatic amines is 1. The van der Waals surface area contributed by atoms with Crippen molar-refractivity contribution in [3.8, 4) is 0 Å². The third-order valence-electron chi connectivity index (χ3n) is 4.71. The fourth-order valence-electron chi connectivity index (χ4n) is 3.36. The van der Waals surface area contributed by atoms with Gasteiger partial charge in [0.15, 0.2) is 5.70 Å². The first-order chi connectivity index (χ1) is 13.7. The van der Waals surface area contributed by atoms with Crippen LogP contribution in [0.4, 0.5) is 0 Å². The van der Waals surface area contributed by atoms with Crippen LogP contribution in [0.1, 0.15) is 11.3 Å². The van der Waals surface area contributed by atoms with Gasteiger partial charge < -0.3 is 4.98 Å². The highest BCUT2D eigenvalue weighted by molar-refractivity contribution is 8.21. The molecule has 1 aliphatic heterocycles. The van der Waals surface area contributed by atoms with E-state index >= 15 is 0 Å². The molecule has 4 rings (SSSR count). The maximum atomic E-state index is 13.2. The second kappa shape index (κ2) is 8.29. The lowest BCUT2D eigenvalue weighted by Crippen LogP contribution is -2.34. The molecule has 1 N–H and O–H groups in total. The van der Waals surface area contributed by atoms with Gasteiger partial charge in [-0.2, -0.15) is 0 Å². The van der Waals surface area contributed by atoms with Gasteiger partial charge in [0.2, 0.25) is 0 Å². The number of hydrogen-bond donors (Lipinski definition) is 1. The SMILES string of the molecule is CSC(SC)=C1N=C(c2ccccc2)N(CCc2cc3ccccc3[nH]2)C1=O. The molecule has 0 atom stereocenters. The number of nitrogens with one attached hydrogen (secondary N) is 1. The van der Waals surface area contributed by atoms with Crippen molar-refractivity contribution in [1.29, 1.82) is 0 Å². The highest BCUT2D eigenvalue weighted by Gasteiger charge is 2.32. The maximum Gasteiger partial charge on any atom is 0.279 e. The summed E-state index contributed by atoms with van der Waals surface area (Å²) < 4.78 is 0.951. The van der Waals surface area contributed by atoms with Crippen LogP contribution < -0.4 is 0 Å². The first kappa shape index (κ1) is 18.9. The summed E-state index contributed by atoms with van der Waals surface area (Å²) in [7, 11) is 0. The third kappa shape index (κ3) is 3.62. The van der Waals surface area contributed by atoms with E-state index in [1.165, 1.54) is 5.39 Å². The zero-order valence-corrected chi connectivity index (χ0v) is 17.4. The van der Waals surface area contributed by atoms with E-state index in [-0.39, 0.29) is 5.91 Å². The Morgan fingerprint density at radius 2 is 1.75 bits per heavy atom. The van der Waals surface area contributed by atoms with Gasteiger partial charge >= 0.3 is 0 Å². The average Bonchev–Trinajstić information content (AvgIpc) is 3.29. The Balaban J connectivity index is 1.64. The highest BCUT2D eigenvalue weighted by atomic mass is 32.2. The molecule has 4 nitrogen and oxygen atoms in total. The number of carbonyl (C=O) groups is 1. The molecule has 0 aliphatic carbocycles. The Kier molecular flexibility index (Phi) is 5.59. The summed E-state index contributed by atoms with van der Waals surface area (Å²) in [6.45, 7) is 0.582. The lowest BCUT2D eigenvalue weighted by molar-refractivity contribution is -0.122. The van der Waals surface area contributed by atoms with Crippen LogP contribution in [-0.2, 0) is 11.2 Å². The summed E-state index contributed by atoms with van der Waals surface area (Å²) in [5.41, 5.74) is 3.75. The summed E-state index contributed by atoms with van der Waals surface area (Å²) in [5, 5.41) is 1.19. The minimum Gasteiger partial charge on any atom is -0.358 e. The Bertz CT molecular complexity index is 1030. The predicted octanol–water partition coefficient (Wildman–Crippen LogP) is 4.89. The fraction of sp³-hybridized carbons (Fsp3) is 0.182. The molecule has 28 heavy (non-hydrogen) atoms. The largest absolute Gasteiger partial charge is 0.358 e. The van der Waals surface area contributed by atoms with Crippen LogP contribution in [0.15, 0.2) is 75.6 Å². The molecule has 1 amide bonds. The minimum absolute atomic E-state index is 0.0198. The number of rotatable bonds is 6. The standard InChI is InChI=1S/C22H21N3OS2/c1-27-22(28-2)19-21(26)25(20(24-19)15-8-4-3-5-9-15)13-12-17-14-16-10-6-7-11-18(16)23-17/h3-11,14,23H,12-13H2,1-2H3. The van der Waals surface area contributed by atoms with Crippen LogP contribution in [0.2, 0.25) is 0 Å². The lowest BCUT2D eigenvalue weighted by Gasteiger charge is -2.18. The number of fused-ring (bicyclic) bond motifs is 1. The van der Waals surface area contributed by atoms with Gasteiger partial charge in [-0.05, 0) is 30.0 Å². The van der Waals surface area contributed by atoms with Crippen LogP contribution in [0.3, 0.4) is 0 Å². The number of para-hydroxylation sites is 1. The Labute approximate surface area is 173 Å². The van der Waals surface area contributed by atoms with Gasteiger partial charge in [0.1, 0.15) is 5.84 Å². The van der Waals surface area contributed by atoms with Gasteiger partial charge in [-0.15, -0.1) is 23.5 Å². The van der Waals surface area contributed by atoms with Gasteiger partial charge in [-0.3, -0.25) is 9.69 Å². The Morgan fingerprint density at radius 1 is 1.04 bits per heavy atom. The number of hydrogen-bond acceptors (Lipinski definition) is 4. The van der Waals surface area contributed by atoms with Crippen molar-refractivity contribution < 1.29 is 4.79 Å². The number of carbonyl (C=O) groups excluding carboxylic acids is 1. The topological polar surface area (TPSA) is 48.5 Å². The van der Waals surface area contributed by atoms with Crippen LogP contribution in [0, 0.1) is 0 Å². The van der Waals surface area contributed by atoms with Crippen molar-refractivity contribution in [2.75, 3.05) is 19.1 Å². The van der Waals surface area contributed by atoms with Crippen LogP contribution in [-0.4, -0.2) is 40.7 Å². The fourth-order valence-corrected chi connectivity index (χ4v) is 4.68. The number of amidine groups is 1. The molecule has 142 valence electrons. The predicted molar refractivity (Wildman–Crippen MR) is 121 cm³/mol. The summed E-state index contributed by atoms with van der Waals surface area (Å²) in [4.78, 5) is 23.2. The van der Waals surface area contributed by atoms with E-state index in [1.807, 2.05) is 59.9 Å². The summed E-state index contributed by atoms with van der Waals surface area (Å²) in [6, 6.07) is 20.3. The van der Waals surface area contributed by atoms with Crippen molar-refractivity contribution in [3.05, 3.63) is 81.9 Å². The molecule has 3 aromatic rings. The number of amides is 1. The lowest BCUT2D eigenvalue weighted by atomic mass is 10.2. The molecule has 2 aromatic carbocycles. The van der Waals surface area contributed by atoms with Gasteiger partial charge in [0, 0.05) is 29.7 Å². The van der Waals surface area contributed by atoms with E-state index in [9.17, 15) is 4.79 Å². The summed E-state index contributed by atoms with van der Waals surface area (Å²) in [5.74, 6) is 0.714. The summed E-state index contributed by atoms with van der Waals surface area (Å²) in [6.07, 6.45) is 4.71. The van der Waals surface area contributed by atoms with E-state index < -0.39 is 0 Å². The van der Waals surface area contributed by atoms with E-state index in [2.05, 4.69) is 23.2 Å². The van der Waals surface area contributed by atoms with Gasteiger partial charge in [-0.25, -0.2) is 4.99 Å². The van der Waals surface area contributed by atoms with E-state index in [0.29, 0.717) is 12.2 Å². The number of aliphatic imine (C=N–C) groups is 1. The first-order valence-electron chi connectivity index (χ1n) is 9.06. The van der Waals surface area contributed by atoms with Gasteiger partial charge in [-0.1, -0.05) is 48.5 Å². The first-order valence-corrected chi connectivity index (χ1v) is 11.5. The van der Waals surface area contributed by atoms with Crippen molar-refractivity contribution in [2.45, 2.75) is 6.42 Å². The number of H-pyrrole nitrogens is 1. The van der Waals surface area contributed by atoms with Crippen LogP contribution >= 0.6 is 23.5 Å². The molecular weight excluding hydrogens is 386 g/mol. The van der Waals surface area contributed by atoms with Crippen LogP contribution in [0.25, 0.3) is 10.9 Å². The Morgan fingerprint density at radius 3 is 2.46 bits per heavy atom. The normalized spacial score (nSPS) is 14.1. The van der Waals surface area contributed by atoms with E-state index in [0.717, 1.165) is 33.3 Å². The molecule has 0 radical (unpaired) electrons. The molecule has 6 heteroatoms. The van der Waals surface area contributed by atoms with Gasteiger partial charge in [0.05, 0.1) is 4.24 Å². The number of aromatic nitrogens is 1. The average molecular weight is 408 g/mol. The second-order valence-corrected chi connectivity index (χ2v) is 8.33. The van der Waals surface area contributed by atoms with Crippen molar-refractivity contribution >= 4 is 46.2 Å². The van der Waals surface area contributed by atoms with Crippen molar-refractivity contribution in [3.63, 3.8) is 0 Å². The van der Waals surface area contributed by atoms with Crippen LogP contribution in [0.5, 0.6) is 0 Å².